The number of carbonyl (C=O) groups excluding carboxylic acids is 1. The third-order valence-electron chi connectivity index (χ3n) is 11.0. The summed E-state index contributed by atoms with van der Waals surface area (Å²) < 4.78 is 0. The summed E-state index contributed by atoms with van der Waals surface area (Å²) in [5.41, 5.74) is 7.17. The van der Waals surface area contributed by atoms with Gasteiger partial charge in [0.1, 0.15) is 11.9 Å². The Labute approximate surface area is 335 Å². The Morgan fingerprint density at radius 1 is 0.696 bits per heavy atom. The van der Waals surface area contributed by atoms with E-state index >= 15 is 0 Å². The second kappa shape index (κ2) is 17.5. The van der Waals surface area contributed by atoms with Crippen LogP contribution in [0.15, 0.2) is 186 Å². The van der Waals surface area contributed by atoms with Gasteiger partial charge in [0.05, 0.1) is 6.04 Å². The first kappa shape index (κ1) is 38.7. The second-order valence-corrected chi connectivity index (χ2v) is 17.7. The molecule has 1 amide bonds. The van der Waals surface area contributed by atoms with E-state index in [1.54, 1.807) is 4.90 Å². The summed E-state index contributed by atoms with van der Waals surface area (Å²) in [5.74, 6) is 1.20. The Balaban J connectivity index is 0.000000213. The number of aryl methyl sites for hydroxylation is 1. The van der Waals surface area contributed by atoms with Crippen molar-refractivity contribution in [1.29, 1.82) is 0 Å². The average molecular weight is 754 g/mol. The molecular weight excluding hydrogens is 702 g/mol. The maximum Gasteiger partial charge on any atom is 0.253 e. The Morgan fingerprint density at radius 3 is 1.79 bits per heavy atom. The third kappa shape index (κ3) is 8.62. The maximum absolute atomic E-state index is 12.5. The molecule has 0 fully saturated rings. The number of amides is 1. The highest BCUT2D eigenvalue weighted by molar-refractivity contribution is 7.80. The number of benzene rings is 6. The molecule has 0 aromatic heterocycles. The lowest BCUT2D eigenvalue weighted by molar-refractivity contribution is -0.115. The average Bonchev–Trinajstić information content (AvgIpc) is 3.59. The molecule has 8 rings (SSSR count). The zero-order valence-electron chi connectivity index (χ0n) is 33.2. The zero-order chi connectivity index (χ0) is 39.1. The van der Waals surface area contributed by atoms with E-state index in [9.17, 15) is 4.79 Å². The van der Waals surface area contributed by atoms with Gasteiger partial charge in [-0.05, 0) is 78.2 Å². The van der Waals surface area contributed by atoms with Gasteiger partial charge < -0.3 is 9.80 Å². The number of hydrogen-bond donors (Lipinski definition) is 0. The molecule has 5 heteroatoms. The van der Waals surface area contributed by atoms with Gasteiger partial charge in [-0.2, -0.15) is 0 Å². The fourth-order valence-electron chi connectivity index (χ4n) is 7.83. The predicted molar refractivity (Wildman–Crippen MR) is 238 cm³/mol. The SMILES string of the molecule is CN1C(c2ccccc2P(c2ccccc2)c2ccccc2)=NC(c2ccccc2)C1c1ccccc1.Cc1ccccc1N(C)C(=O)C1=CCC(C)(C)CC1. The number of allylic oxidation sites excluding steroid dienone is 1. The number of para-hydroxylation sites is 1. The minimum atomic E-state index is -0.746. The van der Waals surface area contributed by atoms with Crippen LogP contribution in [0.1, 0.15) is 67.4 Å². The van der Waals surface area contributed by atoms with Gasteiger partial charge in [-0.3, -0.25) is 9.79 Å². The number of hydrogen-bond acceptors (Lipinski definition) is 3. The highest BCUT2D eigenvalue weighted by Gasteiger charge is 2.38. The van der Waals surface area contributed by atoms with Gasteiger partial charge in [-0.25, -0.2) is 0 Å². The molecule has 1 aliphatic carbocycles. The molecule has 282 valence electrons. The first-order valence-corrected chi connectivity index (χ1v) is 21.0. The summed E-state index contributed by atoms with van der Waals surface area (Å²) in [4.78, 5) is 22.1. The normalized spacial score (nSPS) is 17.4. The third-order valence-corrected chi connectivity index (χ3v) is 13.5. The van der Waals surface area contributed by atoms with Crippen molar-refractivity contribution in [3.8, 4) is 0 Å². The molecule has 0 N–H and O–H groups in total. The van der Waals surface area contributed by atoms with Gasteiger partial charge in [0.15, 0.2) is 0 Å². The van der Waals surface area contributed by atoms with Gasteiger partial charge in [-0.15, -0.1) is 0 Å². The zero-order valence-corrected chi connectivity index (χ0v) is 34.1. The first-order valence-electron chi connectivity index (χ1n) is 19.6. The minimum Gasteiger partial charge on any atom is -0.350 e. The Morgan fingerprint density at radius 2 is 1.21 bits per heavy atom. The topological polar surface area (TPSA) is 35.9 Å². The summed E-state index contributed by atoms with van der Waals surface area (Å²) in [5, 5.41) is 4.02. The van der Waals surface area contributed by atoms with Crippen LogP contribution in [0, 0.1) is 12.3 Å². The Kier molecular flexibility index (Phi) is 12.1. The van der Waals surface area contributed by atoms with Crippen LogP contribution >= 0.6 is 7.92 Å². The van der Waals surface area contributed by atoms with Crippen LogP contribution in [-0.2, 0) is 4.79 Å². The monoisotopic (exact) mass is 753 g/mol. The van der Waals surface area contributed by atoms with Crippen molar-refractivity contribution >= 4 is 41.3 Å². The van der Waals surface area contributed by atoms with E-state index in [0.29, 0.717) is 5.41 Å². The fourth-order valence-corrected chi connectivity index (χ4v) is 10.3. The molecule has 6 aromatic carbocycles. The highest BCUT2D eigenvalue weighted by Crippen LogP contribution is 2.44. The molecule has 1 aliphatic heterocycles. The van der Waals surface area contributed by atoms with Crippen LogP contribution in [0.5, 0.6) is 0 Å². The number of carbonyl (C=O) groups is 1. The van der Waals surface area contributed by atoms with Crippen molar-refractivity contribution in [2.24, 2.45) is 10.4 Å². The molecule has 0 saturated carbocycles. The number of amidine groups is 1. The number of aliphatic imine (C=N–C) groups is 1. The molecule has 4 nitrogen and oxygen atoms in total. The van der Waals surface area contributed by atoms with Crippen molar-refractivity contribution in [2.75, 3.05) is 19.0 Å². The molecule has 0 saturated heterocycles. The molecule has 0 bridgehead atoms. The summed E-state index contributed by atoms with van der Waals surface area (Å²) >= 11 is 0. The largest absolute Gasteiger partial charge is 0.350 e. The smallest absolute Gasteiger partial charge is 0.253 e. The molecule has 2 atom stereocenters. The van der Waals surface area contributed by atoms with Crippen molar-refractivity contribution in [1.82, 2.24) is 4.90 Å². The standard InChI is InChI=1S/C34H29N2P.C17H23NO/c1-36-33(27-18-8-3-9-19-27)32(26-16-6-2-7-17-26)35-34(36)30-24-14-15-25-31(30)37(28-20-10-4-11-21-28)29-22-12-5-13-23-29;1-13-7-5-6-8-15(13)18(4)16(19)14-9-11-17(2,3)12-10-14/h2-25,32-33H,1H3;5-9H,10-12H2,1-4H3. The Bertz CT molecular complexity index is 2250. The van der Waals surface area contributed by atoms with Crippen LogP contribution in [0.2, 0.25) is 0 Å². The van der Waals surface area contributed by atoms with E-state index in [-0.39, 0.29) is 18.0 Å². The van der Waals surface area contributed by atoms with E-state index in [1.807, 2.05) is 38.2 Å². The van der Waals surface area contributed by atoms with E-state index in [0.717, 1.165) is 41.9 Å². The predicted octanol–water partition coefficient (Wildman–Crippen LogP) is 10.7. The van der Waals surface area contributed by atoms with E-state index < -0.39 is 7.92 Å². The van der Waals surface area contributed by atoms with Crippen LogP contribution < -0.4 is 20.8 Å². The fraction of sp³-hybridized carbons (Fsp3) is 0.216. The second-order valence-electron chi connectivity index (χ2n) is 15.5. The van der Waals surface area contributed by atoms with Gasteiger partial charge in [0, 0.05) is 30.9 Å². The van der Waals surface area contributed by atoms with Crippen LogP contribution in [-0.4, -0.2) is 30.7 Å². The van der Waals surface area contributed by atoms with E-state index in [4.69, 9.17) is 4.99 Å². The minimum absolute atomic E-state index is 0.0244. The number of rotatable bonds is 8. The van der Waals surface area contributed by atoms with Crippen molar-refractivity contribution < 1.29 is 4.79 Å². The lowest BCUT2D eigenvalue weighted by Gasteiger charge is -2.30. The summed E-state index contributed by atoms with van der Waals surface area (Å²) in [6.45, 7) is 6.56. The van der Waals surface area contributed by atoms with Gasteiger partial charge in [-0.1, -0.05) is 184 Å². The highest BCUT2D eigenvalue weighted by atomic mass is 31.1. The molecule has 1 heterocycles. The maximum atomic E-state index is 12.5. The van der Waals surface area contributed by atoms with Crippen LogP contribution in [0.3, 0.4) is 0 Å². The number of nitrogens with zero attached hydrogens (tertiary/aromatic N) is 3. The number of likely N-dealkylation sites (N-methyl/N-ethyl adjacent to an activating group) is 2. The van der Waals surface area contributed by atoms with Crippen molar-refractivity contribution in [3.05, 3.63) is 204 Å². The quantitative estimate of drug-likeness (QED) is 0.145. The van der Waals surface area contributed by atoms with Gasteiger partial charge in [0.2, 0.25) is 0 Å². The van der Waals surface area contributed by atoms with Gasteiger partial charge >= 0.3 is 0 Å². The van der Waals surface area contributed by atoms with Crippen molar-refractivity contribution in [2.45, 2.75) is 52.1 Å². The molecule has 56 heavy (non-hydrogen) atoms. The number of anilines is 1. The van der Waals surface area contributed by atoms with Crippen molar-refractivity contribution in [3.63, 3.8) is 0 Å². The van der Waals surface area contributed by atoms with Gasteiger partial charge in [0.25, 0.3) is 5.91 Å². The molecule has 2 unspecified atom stereocenters. The molecule has 0 spiro atoms. The molecule has 0 radical (unpaired) electrons. The first-order chi connectivity index (χ1) is 27.2. The van der Waals surface area contributed by atoms with E-state index in [1.165, 1.54) is 32.6 Å². The molecular formula is C51H52N3OP. The lowest BCUT2D eigenvalue weighted by Crippen LogP contribution is -2.32. The van der Waals surface area contributed by atoms with E-state index in [2.05, 4.69) is 177 Å². The molecule has 6 aromatic rings. The van der Waals surface area contributed by atoms with Crippen LogP contribution in [0.25, 0.3) is 0 Å². The summed E-state index contributed by atoms with van der Waals surface area (Å²) in [6.07, 6.45) is 5.10. The Hall–Kier alpha value is -5.57. The summed E-state index contributed by atoms with van der Waals surface area (Å²) in [6, 6.07) is 60.3. The lowest BCUT2D eigenvalue weighted by atomic mass is 9.78. The van der Waals surface area contributed by atoms with Crippen LogP contribution in [0.4, 0.5) is 5.69 Å². The summed E-state index contributed by atoms with van der Waals surface area (Å²) in [7, 11) is 3.32. The molecule has 2 aliphatic rings.